The Kier molecular flexibility index (Phi) is 11.2. The highest BCUT2D eigenvalue weighted by Crippen LogP contribution is 2.56. The van der Waals surface area contributed by atoms with Crippen LogP contribution in [0, 0.1) is 13.8 Å². The minimum absolute atomic E-state index is 0.000717. The zero-order valence-corrected chi connectivity index (χ0v) is 50.7. The molecule has 3 heterocycles. The lowest BCUT2D eigenvalue weighted by Gasteiger charge is -2.47. The minimum Gasteiger partial charge on any atom is -0.468 e. The molecule has 7 aromatic carbocycles. The number of benzene rings is 7. The van der Waals surface area contributed by atoms with E-state index in [4.69, 9.17) is 4.42 Å². The van der Waals surface area contributed by atoms with E-state index in [0.717, 1.165) is 54.7 Å². The van der Waals surface area contributed by atoms with Crippen LogP contribution in [0.4, 0.5) is 51.2 Å². The fourth-order valence-electron chi connectivity index (χ4n) is 15.1. The van der Waals surface area contributed by atoms with Gasteiger partial charge in [-0.15, -0.1) is 0 Å². The van der Waals surface area contributed by atoms with E-state index < -0.39 is 0 Å². The van der Waals surface area contributed by atoms with Crippen molar-refractivity contribution in [3.05, 3.63) is 177 Å². The van der Waals surface area contributed by atoms with E-state index in [1.807, 2.05) is 0 Å². The Balaban J connectivity index is 1.22. The highest BCUT2D eigenvalue weighted by Gasteiger charge is 2.51. The summed E-state index contributed by atoms with van der Waals surface area (Å²) in [4.78, 5) is 7.88. The molecule has 5 aliphatic rings. The molecule has 0 N–H and O–H groups in total. The van der Waals surface area contributed by atoms with E-state index in [2.05, 4.69) is 260 Å². The Hall–Kier alpha value is -6.46. The van der Waals surface area contributed by atoms with Gasteiger partial charge in [0.1, 0.15) is 5.58 Å². The van der Waals surface area contributed by atoms with Crippen molar-refractivity contribution in [2.24, 2.45) is 0 Å². The van der Waals surface area contributed by atoms with Crippen LogP contribution in [0.15, 0.2) is 132 Å². The molecule has 0 unspecified atom stereocenters. The van der Waals surface area contributed by atoms with Crippen molar-refractivity contribution in [1.29, 1.82) is 0 Å². The maximum atomic E-state index is 7.87. The third-order valence-corrected chi connectivity index (χ3v) is 20.6. The van der Waals surface area contributed by atoms with Crippen molar-refractivity contribution in [3.63, 3.8) is 0 Å². The van der Waals surface area contributed by atoms with E-state index in [1.54, 1.807) is 0 Å². The molecule has 1 aromatic heterocycles. The number of anilines is 9. The molecule has 0 radical (unpaired) electrons. The summed E-state index contributed by atoms with van der Waals surface area (Å²) in [7, 11) is 0. The zero-order chi connectivity index (χ0) is 55.9. The van der Waals surface area contributed by atoms with Gasteiger partial charge in [-0.25, -0.2) is 0 Å². The van der Waals surface area contributed by atoms with Crippen LogP contribution in [0.5, 0.6) is 0 Å². The van der Waals surface area contributed by atoms with Crippen LogP contribution < -0.4 is 31.3 Å². The summed E-state index contributed by atoms with van der Waals surface area (Å²) < 4.78 is 7.87. The fraction of sp³-hybridized carbons (Fsp3) is 0.405. The molecular formula is C74H84BN3O. The molecule has 0 atom stereocenters. The number of para-hydroxylation sites is 2. The Morgan fingerprint density at radius 3 is 1.44 bits per heavy atom. The lowest BCUT2D eigenvalue weighted by molar-refractivity contribution is 0.332. The average Bonchev–Trinajstić information content (AvgIpc) is 3.78. The average molecular weight is 1040 g/mol. The number of rotatable bonds is 5. The Labute approximate surface area is 473 Å². The standard InChI is InChI=1S/C74H84BN3O/c1-45-22-18-20-24-59(45)77(60-25-21-19-23-46(60)2)50-39-62-65-63(40-50)78(49-30-31-52-53(38-49)70(8,9)33-32-69(52,6)7)66-51-41-54-57(74(16,17)37-34-71(54,10)11)44-64(51)79-67(66)75(65)58-42-55-56(73(14,15)36-35-72(55,12)13)43-61(58)76(62)48-28-26-47(27-29-48)68(3,4)5/h18-31,38-44H,32-37H2,1-17H3. The topological polar surface area (TPSA) is 22.9 Å². The molecule has 0 saturated carbocycles. The van der Waals surface area contributed by atoms with Gasteiger partial charge in [-0.05, 0) is 218 Å². The zero-order valence-electron chi connectivity index (χ0n) is 50.7. The van der Waals surface area contributed by atoms with E-state index in [9.17, 15) is 0 Å². The maximum absolute atomic E-state index is 7.87. The summed E-state index contributed by atoms with van der Waals surface area (Å²) in [5.41, 5.74) is 27.8. The van der Waals surface area contributed by atoms with E-state index in [0.29, 0.717) is 0 Å². The van der Waals surface area contributed by atoms with Gasteiger partial charge in [0.05, 0.1) is 17.0 Å². The maximum Gasteiger partial charge on any atom is 0.297 e. The van der Waals surface area contributed by atoms with Gasteiger partial charge in [-0.1, -0.05) is 165 Å². The molecular weight excluding hydrogens is 958 g/mol. The van der Waals surface area contributed by atoms with Crippen molar-refractivity contribution in [2.45, 2.75) is 194 Å². The molecule has 0 amide bonds. The first-order valence-corrected chi connectivity index (χ1v) is 29.8. The molecule has 404 valence electrons. The number of furan rings is 1. The van der Waals surface area contributed by atoms with Crippen LogP contribution in [0.1, 0.15) is 192 Å². The molecule has 0 saturated heterocycles. The van der Waals surface area contributed by atoms with Crippen LogP contribution >= 0.6 is 0 Å². The monoisotopic (exact) mass is 1040 g/mol. The van der Waals surface area contributed by atoms with Crippen molar-refractivity contribution >= 4 is 85.5 Å². The largest absolute Gasteiger partial charge is 0.468 e. The van der Waals surface area contributed by atoms with Gasteiger partial charge in [-0.2, -0.15) is 0 Å². The second-order valence-electron chi connectivity index (χ2n) is 29.9. The smallest absolute Gasteiger partial charge is 0.297 e. The summed E-state index contributed by atoms with van der Waals surface area (Å²) in [5.74, 6) is 0. The number of hydrogen-bond acceptors (Lipinski definition) is 4. The summed E-state index contributed by atoms with van der Waals surface area (Å²) in [6, 6.07) is 50.4. The quantitative estimate of drug-likeness (QED) is 0.160. The van der Waals surface area contributed by atoms with Gasteiger partial charge in [0.15, 0.2) is 0 Å². The molecule has 79 heavy (non-hydrogen) atoms. The fourth-order valence-corrected chi connectivity index (χ4v) is 15.1. The van der Waals surface area contributed by atoms with Crippen molar-refractivity contribution < 1.29 is 4.42 Å². The van der Waals surface area contributed by atoms with Crippen LogP contribution in [-0.4, -0.2) is 6.71 Å². The summed E-state index contributed by atoms with van der Waals surface area (Å²) in [6.45, 7) is 40.9. The Morgan fingerprint density at radius 2 is 0.911 bits per heavy atom. The SMILES string of the molecule is Cc1ccccc1N(c1cc2c3c(c1)N(c1ccc4c(c1)C(C)(C)CCC4(C)C)c1c(oc4cc5c(cc14)C(C)(C)CCC5(C)C)B3c1cc3c(cc1N2c1ccc(C(C)(C)C)cc1)C(C)(C)CCC3(C)C)c1ccccc1C. The first-order valence-electron chi connectivity index (χ1n) is 29.8. The van der Waals surface area contributed by atoms with Crippen molar-refractivity contribution in [3.8, 4) is 0 Å². The highest BCUT2D eigenvalue weighted by atomic mass is 16.3. The molecule has 5 heteroatoms. The first kappa shape index (κ1) is 52.0. The number of aryl methyl sites for hydroxylation is 2. The minimum atomic E-state index is -0.194. The van der Waals surface area contributed by atoms with Gasteiger partial charge < -0.3 is 19.1 Å². The van der Waals surface area contributed by atoms with E-state index >= 15 is 0 Å². The highest BCUT2D eigenvalue weighted by molar-refractivity contribution is 7.00. The van der Waals surface area contributed by atoms with Crippen LogP contribution in [-0.2, 0) is 37.9 Å². The Morgan fingerprint density at radius 1 is 0.456 bits per heavy atom. The van der Waals surface area contributed by atoms with Gasteiger partial charge in [0.2, 0.25) is 0 Å². The molecule has 8 aromatic rings. The predicted molar refractivity (Wildman–Crippen MR) is 339 cm³/mol. The van der Waals surface area contributed by atoms with Gasteiger partial charge >= 0.3 is 0 Å². The number of hydrogen-bond donors (Lipinski definition) is 0. The molecule has 0 spiro atoms. The second-order valence-corrected chi connectivity index (χ2v) is 29.9. The normalized spacial score (nSPS) is 19.4. The lowest BCUT2D eigenvalue weighted by Crippen LogP contribution is -2.61. The second kappa shape index (κ2) is 17.0. The number of fused-ring (bicyclic) bond motifs is 9. The lowest BCUT2D eigenvalue weighted by atomic mass is 9.35. The van der Waals surface area contributed by atoms with E-state index in [-0.39, 0.29) is 44.6 Å². The van der Waals surface area contributed by atoms with Gasteiger partial charge in [0, 0.05) is 45.2 Å². The molecule has 0 fully saturated rings. The van der Waals surface area contributed by atoms with E-state index in [1.165, 1.54) is 113 Å². The summed E-state index contributed by atoms with van der Waals surface area (Å²) in [5, 5.41) is 1.20. The first-order chi connectivity index (χ1) is 37.1. The van der Waals surface area contributed by atoms with Crippen molar-refractivity contribution in [1.82, 2.24) is 0 Å². The van der Waals surface area contributed by atoms with Crippen LogP contribution in [0.25, 0.3) is 11.0 Å². The van der Waals surface area contributed by atoms with Crippen LogP contribution in [0.2, 0.25) is 0 Å². The summed E-state index contributed by atoms with van der Waals surface area (Å²) in [6.07, 6.45) is 6.86. The van der Waals surface area contributed by atoms with Gasteiger partial charge in [-0.3, -0.25) is 0 Å². The van der Waals surface area contributed by atoms with Gasteiger partial charge in [0.25, 0.3) is 6.71 Å². The molecule has 0 bridgehead atoms. The number of nitrogens with zero attached hydrogens (tertiary/aromatic N) is 3. The third kappa shape index (κ3) is 7.88. The third-order valence-electron chi connectivity index (χ3n) is 20.6. The van der Waals surface area contributed by atoms with Crippen molar-refractivity contribution in [2.75, 3.05) is 14.7 Å². The molecule has 3 aliphatic carbocycles. The molecule has 4 nitrogen and oxygen atoms in total. The molecule has 2 aliphatic heterocycles. The van der Waals surface area contributed by atoms with Crippen LogP contribution in [0.3, 0.4) is 0 Å². The predicted octanol–water partition coefficient (Wildman–Crippen LogP) is 18.9. The Bertz CT molecular complexity index is 3790. The molecule has 13 rings (SSSR count). The summed E-state index contributed by atoms with van der Waals surface area (Å²) >= 11 is 0.